The molecule has 0 spiro atoms. The molecule has 0 radical (unpaired) electrons. The maximum absolute atomic E-state index is 13.0. The molecule has 3 rings (SSSR count). The summed E-state index contributed by atoms with van der Waals surface area (Å²) < 4.78 is 30.0. The first kappa shape index (κ1) is 15.7. The second kappa shape index (κ2) is 5.77. The fraction of sp³-hybridized carbons (Fsp3) is 0.500. The van der Waals surface area contributed by atoms with Gasteiger partial charge in [-0.25, -0.2) is 13.4 Å². The van der Waals surface area contributed by atoms with Gasteiger partial charge in [0.25, 0.3) is 10.0 Å². The third kappa shape index (κ3) is 2.60. The number of imidazole rings is 1. The van der Waals surface area contributed by atoms with Gasteiger partial charge in [-0.2, -0.15) is 4.31 Å². The summed E-state index contributed by atoms with van der Waals surface area (Å²) in [4.78, 5) is 5.38. The highest BCUT2D eigenvalue weighted by atomic mass is 32.2. The lowest BCUT2D eigenvalue weighted by Crippen LogP contribution is -2.49. The maximum Gasteiger partial charge on any atom is 0.253 e. The van der Waals surface area contributed by atoms with E-state index >= 15 is 0 Å². The third-order valence-electron chi connectivity index (χ3n) is 4.06. The van der Waals surface area contributed by atoms with E-state index < -0.39 is 10.0 Å². The van der Waals surface area contributed by atoms with Crippen LogP contribution in [-0.4, -0.2) is 41.9 Å². The molecule has 1 saturated heterocycles. The van der Waals surface area contributed by atoms with Crippen LogP contribution in [0.2, 0.25) is 0 Å². The normalized spacial score (nSPS) is 20.4. The van der Waals surface area contributed by atoms with Gasteiger partial charge in [-0.1, -0.05) is 0 Å². The first-order chi connectivity index (χ1) is 10.4. The Bertz CT molecular complexity index is 759. The summed E-state index contributed by atoms with van der Waals surface area (Å²) in [5.41, 5.74) is 1.02. The predicted octanol–water partition coefficient (Wildman–Crippen LogP) is 1.43. The molecule has 1 fully saturated rings. The summed E-state index contributed by atoms with van der Waals surface area (Å²) in [6.07, 6.45) is 3.54. The highest BCUT2D eigenvalue weighted by molar-refractivity contribution is 7.91. The lowest BCUT2D eigenvalue weighted by atomic mass is 10.2. The topological polar surface area (TPSA) is 67.2 Å². The van der Waals surface area contributed by atoms with Gasteiger partial charge in [-0.05, 0) is 25.5 Å². The van der Waals surface area contributed by atoms with Crippen molar-refractivity contribution in [1.29, 1.82) is 0 Å². The minimum absolute atomic E-state index is 0.276. The van der Waals surface area contributed by atoms with E-state index in [2.05, 4.69) is 10.3 Å². The number of rotatable bonds is 3. The molecule has 2 aromatic rings. The van der Waals surface area contributed by atoms with Gasteiger partial charge in [0.2, 0.25) is 0 Å². The Labute approximate surface area is 134 Å². The largest absolute Gasteiger partial charge is 0.337 e. The van der Waals surface area contributed by atoms with E-state index in [0.717, 1.165) is 16.3 Å². The lowest BCUT2D eigenvalue weighted by Gasteiger charge is -2.34. The van der Waals surface area contributed by atoms with Crippen LogP contribution in [0, 0.1) is 13.8 Å². The van der Waals surface area contributed by atoms with E-state index in [1.54, 1.807) is 16.6 Å². The molecule has 120 valence electrons. The first-order valence-electron chi connectivity index (χ1n) is 7.18. The summed E-state index contributed by atoms with van der Waals surface area (Å²) in [5, 5.41) is 3.26. The molecule has 2 aromatic heterocycles. The Balaban J connectivity index is 2.01. The van der Waals surface area contributed by atoms with Crippen LogP contribution in [-0.2, 0) is 17.1 Å². The van der Waals surface area contributed by atoms with Crippen molar-refractivity contribution in [2.45, 2.75) is 24.1 Å². The highest BCUT2D eigenvalue weighted by Crippen LogP contribution is 2.32. The Morgan fingerprint density at radius 2 is 2.18 bits per heavy atom. The van der Waals surface area contributed by atoms with E-state index in [9.17, 15) is 8.42 Å². The Morgan fingerprint density at radius 3 is 2.77 bits per heavy atom. The summed E-state index contributed by atoms with van der Waals surface area (Å²) in [5.74, 6) is 0.765. The lowest BCUT2D eigenvalue weighted by molar-refractivity contribution is 0.259. The number of nitrogens with one attached hydrogen (secondary N) is 1. The quantitative estimate of drug-likeness (QED) is 0.918. The SMILES string of the molecule is Cc1cc(S(=O)(=O)N2CCNCC2c2nccn2C)sc1C. The molecule has 1 unspecified atom stereocenters. The van der Waals surface area contributed by atoms with Crippen molar-refractivity contribution >= 4 is 21.4 Å². The number of hydrogen-bond acceptors (Lipinski definition) is 5. The second-order valence-corrected chi connectivity index (χ2v) is 8.91. The molecular weight excluding hydrogens is 320 g/mol. The van der Waals surface area contributed by atoms with Gasteiger partial charge in [0.15, 0.2) is 0 Å². The number of thiophene rings is 1. The second-order valence-electron chi connectivity index (χ2n) is 5.54. The number of nitrogens with zero attached hydrogens (tertiary/aromatic N) is 3. The van der Waals surface area contributed by atoms with Crippen LogP contribution in [0.3, 0.4) is 0 Å². The van der Waals surface area contributed by atoms with E-state index in [4.69, 9.17) is 0 Å². The zero-order valence-corrected chi connectivity index (χ0v) is 14.5. The predicted molar refractivity (Wildman–Crippen MR) is 86.5 cm³/mol. The van der Waals surface area contributed by atoms with Gasteiger partial charge < -0.3 is 9.88 Å². The van der Waals surface area contributed by atoms with E-state index in [-0.39, 0.29) is 6.04 Å². The molecule has 22 heavy (non-hydrogen) atoms. The molecular formula is C14H20N4O2S2. The Kier molecular flexibility index (Phi) is 4.11. The van der Waals surface area contributed by atoms with Crippen LogP contribution in [0.15, 0.2) is 22.7 Å². The molecule has 0 bridgehead atoms. The maximum atomic E-state index is 13.0. The zero-order valence-electron chi connectivity index (χ0n) is 12.9. The van der Waals surface area contributed by atoms with Crippen molar-refractivity contribution in [2.75, 3.05) is 19.6 Å². The van der Waals surface area contributed by atoms with Crippen LogP contribution in [0.1, 0.15) is 22.3 Å². The molecule has 1 atom stereocenters. The summed E-state index contributed by atoms with van der Waals surface area (Å²) in [6, 6.07) is 1.49. The number of piperazine rings is 1. The smallest absolute Gasteiger partial charge is 0.253 e. The monoisotopic (exact) mass is 340 g/mol. The molecule has 0 aromatic carbocycles. The molecule has 3 heterocycles. The van der Waals surface area contributed by atoms with Crippen molar-refractivity contribution in [3.8, 4) is 0 Å². The summed E-state index contributed by atoms with van der Waals surface area (Å²) in [6.45, 7) is 5.58. The first-order valence-corrected chi connectivity index (χ1v) is 9.43. The van der Waals surface area contributed by atoms with Gasteiger partial charge in [0.1, 0.15) is 10.0 Å². The van der Waals surface area contributed by atoms with Crippen molar-refractivity contribution in [3.05, 3.63) is 34.7 Å². The van der Waals surface area contributed by atoms with Crippen LogP contribution in [0.5, 0.6) is 0 Å². The minimum Gasteiger partial charge on any atom is -0.337 e. The average Bonchev–Trinajstić information content (AvgIpc) is 3.06. The molecule has 0 amide bonds. The zero-order chi connectivity index (χ0) is 15.9. The number of hydrogen-bond donors (Lipinski definition) is 1. The van der Waals surface area contributed by atoms with Crippen LogP contribution in [0.4, 0.5) is 0 Å². The average molecular weight is 340 g/mol. The molecule has 8 heteroatoms. The fourth-order valence-electron chi connectivity index (χ4n) is 2.67. The van der Waals surface area contributed by atoms with Crippen molar-refractivity contribution in [3.63, 3.8) is 0 Å². The van der Waals surface area contributed by atoms with Crippen molar-refractivity contribution in [2.24, 2.45) is 7.05 Å². The van der Waals surface area contributed by atoms with Crippen LogP contribution >= 0.6 is 11.3 Å². The molecule has 6 nitrogen and oxygen atoms in total. The summed E-state index contributed by atoms with van der Waals surface area (Å²) >= 11 is 1.34. The van der Waals surface area contributed by atoms with Crippen LogP contribution < -0.4 is 5.32 Å². The highest BCUT2D eigenvalue weighted by Gasteiger charge is 2.37. The van der Waals surface area contributed by atoms with E-state index in [1.807, 2.05) is 31.7 Å². The molecule has 1 aliphatic heterocycles. The van der Waals surface area contributed by atoms with Gasteiger partial charge in [0.05, 0.1) is 6.04 Å². The molecule has 1 aliphatic rings. The Morgan fingerprint density at radius 1 is 1.41 bits per heavy atom. The molecule has 1 N–H and O–H groups in total. The van der Waals surface area contributed by atoms with E-state index in [1.165, 1.54) is 11.3 Å². The van der Waals surface area contributed by atoms with Gasteiger partial charge in [0, 0.05) is 44.0 Å². The third-order valence-corrected chi connectivity index (χ3v) is 7.57. The molecule has 0 aliphatic carbocycles. The van der Waals surface area contributed by atoms with Crippen molar-refractivity contribution in [1.82, 2.24) is 19.2 Å². The number of aryl methyl sites for hydroxylation is 3. The van der Waals surface area contributed by atoms with Gasteiger partial charge in [-0.15, -0.1) is 11.3 Å². The van der Waals surface area contributed by atoms with Crippen LogP contribution in [0.25, 0.3) is 0 Å². The standard InChI is InChI=1S/C14H20N4O2S2/c1-10-8-13(21-11(10)2)22(19,20)18-7-4-15-9-12(18)14-16-5-6-17(14)3/h5-6,8,12,15H,4,7,9H2,1-3H3. The van der Waals surface area contributed by atoms with E-state index in [0.29, 0.717) is 23.8 Å². The molecule has 0 saturated carbocycles. The number of sulfonamides is 1. The van der Waals surface area contributed by atoms with Gasteiger partial charge >= 0.3 is 0 Å². The van der Waals surface area contributed by atoms with Crippen molar-refractivity contribution < 1.29 is 8.42 Å². The number of aromatic nitrogens is 2. The van der Waals surface area contributed by atoms with Gasteiger partial charge in [-0.3, -0.25) is 0 Å². The summed E-state index contributed by atoms with van der Waals surface area (Å²) in [7, 11) is -1.61. The Hall–Kier alpha value is -1.22. The minimum atomic E-state index is -3.50. The fourth-order valence-corrected chi connectivity index (χ4v) is 5.91.